The monoisotopic (exact) mass is 389 g/mol. The summed E-state index contributed by atoms with van der Waals surface area (Å²) < 4.78 is 22.8. The van der Waals surface area contributed by atoms with Gasteiger partial charge in [-0.05, 0) is 56.4 Å². The summed E-state index contributed by atoms with van der Waals surface area (Å²) in [4.78, 5) is 12.6. The summed E-state index contributed by atoms with van der Waals surface area (Å²) in [5, 5.41) is 12.3. The van der Waals surface area contributed by atoms with Crippen LogP contribution in [0.15, 0.2) is 30.0 Å². The fourth-order valence-electron chi connectivity index (χ4n) is 3.75. The Labute approximate surface area is 164 Å². The normalized spacial score (nSPS) is 25.8. The number of fused-ring (bicyclic) bond motifs is 1. The summed E-state index contributed by atoms with van der Waals surface area (Å²) in [6, 6.07) is 6.09. The van der Waals surface area contributed by atoms with E-state index in [1.807, 2.05) is 31.2 Å². The summed E-state index contributed by atoms with van der Waals surface area (Å²) >= 11 is 0. The van der Waals surface area contributed by atoms with Crippen LogP contribution in [0.5, 0.6) is 11.5 Å². The highest BCUT2D eigenvalue weighted by Gasteiger charge is 2.39. The van der Waals surface area contributed by atoms with Gasteiger partial charge in [0.05, 0.1) is 0 Å². The standard InChI is InChI=1S/C21H27NO6/c1-2-25-21-15(4-3-9-23)16(11-19(28-21)20(24)22-14-6-7-14)13-5-8-17-18(10-13)27-12-26-17/h5,8,10-11,14-16,21,23H,2-4,6-7,9,12H2,1H3,(H,22,24)/t15-,16+,21+/m0/s1. The molecule has 0 unspecified atom stereocenters. The topological polar surface area (TPSA) is 86.3 Å². The lowest BCUT2D eigenvalue weighted by Crippen LogP contribution is -2.39. The molecule has 0 radical (unpaired) electrons. The van der Waals surface area contributed by atoms with Gasteiger partial charge in [-0.3, -0.25) is 4.79 Å². The second-order valence-electron chi connectivity index (χ2n) is 7.39. The fraction of sp³-hybridized carbons (Fsp3) is 0.571. The van der Waals surface area contributed by atoms with E-state index >= 15 is 0 Å². The third-order valence-corrected chi connectivity index (χ3v) is 5.33. The zero-order chi connectivity index (χ0) is 19.5. The molecule has 2 aliphatic heterocycles. The number of nitrogens with one attached hydrogen (secondary N) is 1. The van der Waals surface area contributed by atoms with E-state index in [1.54, 1.807) is 0 Å². The minimum absolute atomic E-state index is 0.0232. The average molecular weight is 389 g/mol. The summed E-state index contributed by atoms with van der Waals surface area (Å²) in [6.45, 7) is 2.70. The molecule has 0 saturated heterocycles. The van der Waals surface area contributed by atoms with E-state index in [9.17, 15) is 9.90 Å². The highest BCUT2D eigenvalue weighted by atomic mass is 16.7. The summed E-state index contributed by atoms with van der Waals surface area (Å²) in [5.74, 6) is 1.41. The van der Waals surface area contributed by atoms with Gasteiger partial charge < -0.3 is 29.4 Å². The van der Waals surface area contributed by atoms with Crippen LogP contribution in [0, 0.1) is 5.92 Å². The van der Waals surface area contributed by atoms with Crippen molar-refractivity contribution < 1.29 is 28.8 Å². The number of aliphatic hydroxyl groups excluding tert-OH is 1. The molecule has 0 spiro atoms. The summed E-state index contributed by atoms with van der Waals surface area (Å²) in [5.41, 5.74) is 1.01. The number of rotatable bonds is 8. The second-order valence-corrected chi connectivity index (χ2v) is 7.39. The van der Waals surface area contributed by atoms with Crippen molar-refractivity contribution in [2.75, 3.05) is 20.0 Å². The molecular weight excluding hydrogens is 362 g/mol. The van der Waals surface area contributed by atoms with Crippen molar-refractivity contribution in [2.45, 2.75) is 50.9 Å². The molecule has 1 saturated carbocycles. The molecule has 0 bridgehead atoms. The van der Waals surface area contributed by atoms with E-state index in [-0.39, 0.29) is 37.2 Å². The lowest BCUT2D eigenvalue weighted by atomic mass is 9.80. The molecule has 3 atom stereocenters. The van der Waals surface area contributed by atoms with Crippen molar-refractivity contribution in [3.05, 3.63) is 35.6 Å². The number of ether oxygens (including phenoxy) is 4. The van der Waals surface area contributed by atoms with Gasteiger partial charge in [0.1, 0.15) is 0 Å². The van der Waals surface area contributed by atoms with Crippen LogP contribution in [0.3, 0.4) is 0 Å². The maximum atomic E-state index is 12.6. The average Bonchev–Trinajstić information content (AvgIpc) is 3.39. The molecule has 3 aliphatic rings. The molecule has 7 heteroatoms. The van der Waals surface area contributed by atoms with Crippen LogP contribution in [0.2, 0.25) is 0 Å². The predicted octanol–water partition coefficient (Wildman–Crippen LogP) is 2.44. The van der Waals surface area contributed by atoms with Gasteiger partial charge in [-0.25, -0.2) is 0 Å². The van der Waals surface area contributed by atoms with Crippen LogP contribution in [-0.4, -0.2) is 43.4 Å². The molecule has 1 amide bonds. The van der Waals surface area contributed by atoms with Crippen LogP contribution in [0.25, 0.3) is 0 Å². The lowest BCUT2D eigenvalue weighted by Gasteiger charge is -2.37. The van der Waals surface area contributed by atoms with Crippen molar-refractivity contribution in [1.82, 2.24) is 5.32 Å². The zero-order valence-electron chi connectivity index (χ0n) is 16.1. The molecular formula is C21H27NO6. The zero-order valence-corrected chi connectivity index (χ0v) is 16.1. The Morgan fingerprint density at radius 3 is 2.86 bits per heavy atom. The fourth-order valence-corrected chi connectivity index (χ4v) is 3.75. The van der Waals surface area contributed by atoms with Crippen molar-refractivity contribution in [2.24, 2.45) is 5.92 Å². The number of carbonyl (C=O) groups is 1. The van der Waals surface area contributed by atoms with Gasteiger partial charge in [-0.15, -0.1) is 0 Å². The molecule has 2 N–H and O–H groups in total. The van der Waals surface area contributed by atoms with Crippen LogP contribution >= 0.6 is 0 Å². The molecule has 4 rings (SSSR count). The van der Waals surface area contributed by atoms with E-state index in [2.05, 4.69) is 5.32 Å². The Balaban J connectivity index is 1.66. The Morgan fingerprint density at radius 2 is 2.11 bits per heavy atom. The van der Waals surface area contributed by atoms with Gasteiger partial charge in [0.2, 0.25) is 13.1 Å². The number of aliphatic hydroxyl groups is 1. The summed E-state index contributed by atoms with van der Waals surface area (Å²) in [6.07, 6.45) is 4.71. The second kappa shape index (κ2) is 8.41. The Bertz CT molecular complexity index is 744. The van der Waals surface area contributed by atoms with E-state index in [0.717, 1.165) is 24.2 Å². The Hall–Kier alpha value is -2.25. The van der Waals surface area contributed by atoms with E-state index in [4.69, 9.17) is 18.9 Å². The minimum Gasteiger partial charge on any atom is -0.459 e. The first-order chi connectivity index (χ1) is 13.7. The molecule has 1 aromatic rings. The maximum Gasteiger partial charge on any atom is 0.286 e. The molecule has 7 nitrogen and oxygen atoms in total. The first kappa shape index (κ1) is 19.1. The van der Waals surface area contributed by atoms with Crippen molar-refractivity contribution in [1.29, 1.82) is 0 Å². The number of hydrogen-bond acceptors (Lipinski definition) is 6. The molecule has 28 heavy (non-hydrogen) atoms. The van der Waals surface area contributed by atoms with Crippen LogP contribution in [-0.2, 0) is 14.3 Å². The van der Waals surface area contributed by atoms with Gasteiger partial charge in [0.25, 0.3) is 5.91 Å². The Kier molecular flexibility index (Phi) is 5.73. The van der Waals surface area contributed by atoms with Gasteiger partial charge in [0, 0.05) is 31.1 Å². The number of carbonyl (C=O) groups excluding carboxylic acids is 1. The molecule has 0 aromatic heterocycles. The molecule has 152 valence electrons. The quantitative estimate of drug-likeness (QED) is 0.710. The van der Waals surface area contributed by atoms with Crippen molar-refractivity contribution in [3.63, 3.8) is 0 Å². The van der Waals surface area contributed by atoms with E-state index < -0.39 is 6.29 Å². The van der Waals surface area contributed by atoms with Crippen LogP contribution < -0.4 is 14.8 Å². The maximum absolute atomic E-state index is 12.6. The number of benzene rings is 1. The number of amides is 1. The van der Waals surface area contributed by atoms with E-state index in [0.29, 0.717) is 31.0 Å². The van der Waals surface area contributed by atoms with Crippen LogP contribution in [0.4, 0.5) is 0 Å². The van der Waals surface area contributed by atoms with Gasteiger partial charge in [-0.2, -0.15) is 0 Å². The number of allylic oxidation sites excluding steroid dienone is 1. The molecule has 2 heterocycles. The molecule has 1 aliphatic carbocycles. The molecule has 1 aromatic carbocycles. The first-order valence-corrected chi connectivity index (χ1v) is 10.0. The third kappa shape index (κ3) is 4.10. The highest BCUT2D eigenvalue weighted by molar-refractivity contribution is 5.92. The van der Waals surface area contributed by atoms with Gasteiger partial charge in [0.15, 0.2) is 17.3 Å². The highest BCUT2D eigenvalue weighted by Crippen LogP contribution is 2.42. The summed E-state index contributed by atoms with van der Waals surface area (Å²) in [7, 11) is 0. The molecule has 1 fully saturated rings. The first-order valence-electron chi connectivity index (χ1n) is 10.0. The van der Waals surface area contributed by atoms with Crippen molar-refractivity contribution >= 4 is 5.91 Å². The van der Waals surface area contributed by atoms with Gasteiger partial charge in [-0.1, -0.05) is 6.07 Å². The smallest absolute Gasteiger partial charge is 0.286 e. The van der Waals surface area contributed by atoms with Gasteiger partial charge >= 0.3 is 0 Å². The third-order valence-electron chi connectivity index (χ3n) is 5.33. The predicted molar refractivity (Wildman–Crippen MR) is 101 cm³/mol. The Morgan fingerprint density at radius 1 is 1.29 bits per heavy atom. The van der Waals surface area contributed by atoms with Crippen LogP contribution in [0.1, 0.15) is 44.1 Å². The minimum atomic E-state index is -0.545. The lowest BCUT2D eigenvalue weighted by molar-refractivity contribution is -0.166. The van der Waals surface area contributed by atoms with E-state index in [1.165, 1.54) is 0 Å². The number of hydrogen-bond donors (Lipinski definition) is 2. The SMILES string of the molecule is CCO[C@@H]1OC(C(=O)NC2CC2)=C[C@H](c2ccc3c(c2)OCO3)[C@@H]1CCCO. The van der Waals surface area contributed by atoms with Crippen molar-refractivity contribution in [3.8, 4) is 11.5 Å². The largest absolute Gasteiger partial charge is 0.459 e.